The van der Waals surface area contributed by atoms with Crippen LogP contribution in [0.25, 0.3) is 11.8 Å². The van der Waals surface area contributed by atoms with Crippen molar-refractivity contribution in [1.82, 2.24) is 4.57 Å². The number of rotatable bonds is 14. The van der Waals surface area contributed by atoms with Gasteiger partial charge in [0.15, 0.2) is 34.4 Å². The summed E-state index contributed by atoms with van der Waals surface area (Å²) in [5.74, 6) is 0.582. The first kappa shape index (κ1) is 34.0. The van der Waals surface area contributed by atoms with Gasteiger partial charge in [-0.3, -0.25) is 14.2 Å². The molecule has 1 aromatic heterocycles. The number of thiazole rings is 1. The predicted molar refractivity (Wildman–Crippen MR) is 182 cm³/mol. The van der Waals surface area contributed by atoms with Crippen LogP contribution < -0.4 is 39.6 Å². The van der Waals surface area contributed by atoms with Gasteiger partial charge < -0.3 is 29.4 Å². The summed E-state index contributed by atoms with van der Waals surface area (Å²) in [6, 6.07) is 19.0. The average molecular weight is 672 g/mol. The van der Waals surface area contributed by atoms with E-state index < -0.39 is 17.9 Å². The standard InChI is InChI=1S/C36H37N3O8S/c1-5-43-25-17-15-24(20-28(25)45-7-3)33-31(35(42)46-8-4)32(23-12-10-9-11-13-23)38-36-39(33)34(41)29(48-36)19-22-14-16-26(47-21-30(37)40)27(18-22)44-6-2/h9-20,33H,5-8,21H2,1-4H3,(H2,37,40)/b29-19-. The molecule has 2 heterocycles. The van der Waals surface area contributed by atoms with Crippen molar-refractivity contribution < 1.29 is 33.3 Å². The Morgan fingerprint density at radius 3 is 2.15 bits per heavy atom. The highest BCUT2D eigenvalue weighted by molar-refractivity contribution is 7.07. The van der Waals surface area contributed by atoms with Gasteiger partial charge in [-0.25, -0.2) is 9.79 Å². The molecule has 1 aliphatic heterocycles. The number of benzene rings is 3. The van der Waals surface area contributed by atoms with E-state index in [9.17, 15) is 14.4 Å². The lowest BCUT2D eigenvalue weighted by molar-refractivity contribution is -0.138. The van der Waals surface area contributed by atoms with Crippen molar-refractivity contribution in [2.75, 3.05) is 33.0 Å². The van der Waals surface area contributed by atoms with Crippen LogP contribution in [0.3, 0.4) is 0 Å². The molecule has 0 radical (unpaired) electrons. The van der Waals surface area contributed by atoms with Crippen molar-refractivity contribution in [2.24, 2.45) is 10.7 Å². The maximum atomic E-state index is 14.4. The fraction of sp³-hybridized carbons (Fsp3) is 0.278. The monoisotopic (exact) mass is 671 g/mol. The van der Waals surface area contributed by atoms with Gasteiger partial charge in [-0.05, 0) is 69.2 Å². The van der Waals surface area contributed by atoms with Crippen molar-refractivity contribution in [3.8, 4) is 23.0 Å². The second kappa shape index (κ2) is 15.5. The average Bonchev–Trinajstić information content (AvgIpc) is 3.39. The minimum atomic E-state index is -0.892. The van der Waals surface area contributed by atoms with Crippen LogP contribution in [0.1, 0.15) is 50.4 Å². The third-order valence-electron chi connectivity index (χ3n) is 7.19. The van der Waals surface area contributed by atoms with E-state index in [1.54, 1.807) is 43.3 Å². The SMILES string of the molecule is CCOC(=O)C1=C(c2ccccc2)N=c2s/c(=C\c3ccc(OCC(N)=O)c(OCC)c3)c(=O)n2C1c1ccc(OCC)c(OCC)c1. The summed E-state index contributed by atoms with van der Waals surface area (Å²) in [7, 11) is 0. The highest BCUT2D eigenvalue weighted by Crippen LogP contribution is 2.39. The molecular weight excluding hydrogens is 634 g/mol. The van der Waals surface area contributed by atoms with Gasteiger partial charge in [0.2, 0.25) is 0 Å². The fourth-order valence-electron chi connectivity index (χ4n) is 5.30. The number of hydrogen-bond donors (Lipinski definition) is 1. The molecule has 1 amide bonds. The van der Waals surface area contributed by atoms with Gasteiger partial charge in [-0.2, -0.15) is 0 Å². The van der Waals surface area contributed by atoms with Crippen molar-refractivity contribution in [3.05, 3.63) is 109 Å². The molecule has 0 bridgehead atoms. The van der Waals surface area contributed by atoms with E-state index in [1.807, 2.05) is 57.2 Å². The molecule has 0 aliphatic carbocycles. The molecule has 12 heteroatoms. The lowest BCUT2D eigenvalue weighted by Gasteiger charge is -2.26. The Bertz CT molecular complexity index is 2020. The molecule has 0 saturated heterocycles. The number of fused-ring (bicyclic) bond motifs is 1. The molecule has 0 fully saturated rings. The number of nitrogens with zero attached hydrogens (tertiary/aromatic N) is 2. The van der Waals surface area contributed by atoms with E-state index in [4.69, 9.17) is 34.4 Å². The molecule has 0 spiro atoms. The number of primary amides is 1. The van der Waals surface area contributed by atoms with Gasteiger partial charge >= 0.3 is 5.97 Å². The molecule has 48 heavy (non-hydrogen) atoms. The molecule has 1 atom stereocenters. The zero-order valence-electron chi connectivity index (χ0n) is 27.2. The number of carbonyl (C=O) groups excluding carboxylic acids is 2. The van der Waals surface area contributed by atoms with E-state index in [-0.39, 0.29) is 24.3 Å². The van der Waals surface area contributed by atoms with Crippen LogP contribution in [0.4, 0.5) is 0 Å². The van der Waals surface area contributed by atoms with E-state index in [0.717, 1.165) is 0 Å². The first-order valence-electron chi connectivity index (χ1n) is 15.6. The van der Waals surface area contributed by atoms with E-state index in [2.05, 4.69) is 0 Å². The highest BCUT2D eigenvalue weighted by Gasteiger charge is 2.35. The largest absolute Gasteiger partial charge is 0.490 e. The summed E-state index contributed by atoms with van der Waals surface area (Å²) in [6.45, 7) is 8.32. The summed E-state index contributed by atoms with van der Waals surface area (Å²) in [6.07, 6.45) is 1.72. The normalized spacial score (nSPS) is 14.2. The smallest absolute Gasteiger partial charge is 0.338 e. The number of ether oxygens (including phenoxy) is 5. The van der Waals surface area contributed by atoms with Crippen LogP contribution in [-0.2, 0) is 14.3 Å². The minimum absolute atomic E-state index is 0.135. The number of aromatic nitrogens is 1. The fourth-order valence-corrected chi connectivity index (χ4v) is 6.30. The van der Waals surface area contributed by atoms with Crippen molar-refractivity contribution in [2.45, 2.75) is 33.7 Å². The molecule has 11 nitrogen and oxygen atoms in total. The van der Waals surface area contributed by atoms with Gasteiger partial charge in [0, 0.05) is 5.56 Å². The van der Waals surface area contributed by atoms with Crippen molar-refractivity contribution >= 4 is 35.0 Å². The van der Waals surface area contributed by atoms with Crippen LogP contribution in [0, 0.1) is 0 Å². The van der Waals surface area contributed by atoms with Gasteiger partial charge in [0.05, 0.1) is 48.3 Å². The Labute approximate surface area is 281 Å². The van der Waals surface area contributed by atoms with Gasteiger partial charge in [0.1, 0.15) is 0 Å². The molecule has 1 aliphatic rings. The summed E-state index contributed by atoms with van der Waals surface area (Å²) < 4.78 is 30.5. The first-order chi connectivity index (χ1) is 23.3. The Morgan fingerprint density at radius 2 is 1.48 bits per heavy atom. The zero-order chi connectivity index (χ0) is 34.2. The maximum absolute atomic E-state index is 14.4. The number of nitrogens with two attached hydrogens (primary N) is 1. The van der Waals surface area contributed by atoms with Gasteiger partial charge in [-0.1, -0.05) is 53.8 Å². The van der Waals surface area contributed by atoms with E-state index in [0.29, 0.717) is 74.5 Å². The topological polar surface area (TPSA) is 141 Å². The lowest BCUT2D eigenvalue weighted by Crippen LogP contribution is -2.40. The molecule has 2 N–H and O–H groups in total. The third-order valence-corrected chi connectivity index (χ3v) is 8.18. The summed E-state index contributed by atoms with van der Waals surface area (Å²) in [4.78, 5) is 44.8. The van der Waals surface area contributed by atoms with Crippen LogP contribution in [-0.4, -0.2) is 49.5 Å². The number of hydrogen-bond acceptors (Lipinski definition) is 10. The van der Waals surface area contributed by atoms with Crippen LogP contribution in [0.15, 0.2) is 82.1 Å². The van der Waals surface area contributed by atoms with Gasteiger partial charge in [-0.15, -0.1) is 0 Å². The number of esters is 1. The second-order valence-electron chi connectivity index (χ2n) is 10.4. The molecule has 4 aromatic rings. The van der Waals surface area contributed by atoms with Crippen LogP contribution in [0.5, 0.6) is 23.0 Å². The Morgan fingerprint density at radius 1 is 0.833 bits per heavy atom. The number of amides is 1. The third kappa shape index (κ3) is 7.28. The summed E-state index contributed by atoms with van der Waals surface area (Å²) >= 11 is 1.20. The van der Waals surface area contributed by atoms with E-state index >= 15 is 0 Å². The highest BCUT2D eigenvalue weighted by atomic mass is 32.1. The molecular formula is C36H37N3O8S. The molecule has 3 aromatic carbocycles. The second-order valence-corrected chi connectivity index (χ2v) is 11.4. The zero-order valence-corrected chi connectivity index (χ0v) is 28.0. The van der Waals surface area contributed by atoms with E-state index in [1.165, 1.54) is 15.9 Å². The quantitative estimate of drug-likeness (QED) is 0.199. The molecule has 250 valence electrons. The Hall–Kier alpha value is -5.36. The van der Waals surface area contributed by atoms with Gasteiger partial charge in [0.25, 0.3) is 11.5 Å². The Kier molecular flexibility index (Phi) is 11.0. The summed E-state index contributed by atoms with van der Waals surface area (Å²) in [5.41, 5.74) is 7.51. The van der Waals surface area contributed by atoms with Crippen LogP contribution >= 0.6 is 11.3 Å². The molecule has 5 rings (SSSR count). The first-order valence-corrected chi connectivity index (χ1v) is 16.5. The molecule has 0 saturated carbocycles. The maximum Gasteiger partial charge on any atom is 0.338 e. The minimum Gasteiger partial charge on any atom is -0.490 e. The molecule has 1 unspecified atom stereocenters. The Balaban J connectivity index is 1.75. The van der Waals surface area contributed by atoms with Crippen molar-refractivity contribution in [3.63, 3.8) is 0 Å². The van der Waals surface area contributed by atoms with Crippen LogP contribution in [0.2, 0.25) is 0 Å². The van der Waals surface area contributed by atoms with Crippen molar-refractivity contribution in [1.29, 1.82) is 0 Å². The predicted octanol–water partition coefficient (Wildman–Crippen LogP) is 4.00. The summed E-state index contributed by atoms with van der Waals surface area (Å²) in [5, 5.41) is 0. The number of carbonyl (C=O) groups is 2. The lowest BCUT2D eigenvalue weighted by atomic mass is 9.93.